The molecule has 27 heavy (non-hydrogen) atoms. The van der Waals surface area contributed by atoms with Crippen LogP contribution in [0.3, 0.4) is 0 Å². The maximum atomic E-state index is 12.3. The Bertz CT molecular complexity index is 862. The van der Waals surface area contributed by atoms with Gasteiger partial charge in [-0.2, -0.15) is 0 Å². The van der Waals surface area contributed by atoms with Crippen molar-refractivity contribution in [1.82, 2.24) is 10.2 Å². The van der Waals surface area contributed by atoms with Crippen molar-refractivity contribution < 1.29 is 23.9 Å². The number of anilines is 1. The van der Waals surface area contributed by atoms with Gasteiger partial charge in [0.25, 0.3) is 11.8 Å². The second-order valence-electron chi connectivity index (χ2n) is 5.75. The molecule has 0 fully saturated rings. The minimum atomic E-state index is -0.488. The first-order chi connectivity index (χ1) is 13.0. The number of amides is 4. The number of urea groups is 1. The third kappa shape index (κ3) is 3.69. The molecule has 1 heterocycles. The molecule has 4 amide bonds. The van der Waals surface area contributed by atoms with Crippen molar-refractivity contribution in [2.24, 2.45) is 0 Å². The van der Waals surface area contributed by atoms with Crippen molar-refractivity contribution in [1.29, 1.82) is 0 Å². The summed E-state index contributed by atoms with van der Waals surface area (Å²) >= 11 is 0. The van der Waals surface area contributed by atoms with Crippen molar-refractivity contribution in [3.8, 4) is 11.5 Å². The second kappa shape index (κ2) is 7.77. The van der Waals surface area contributed by atoms with Crippen molar-refractivity contribution in [2.45, 2.75) is 0 Å². The highest BCUT2D eigenvalue weighted by molar-refractivity contribution is 6.21. The van der Waals surface area contributed by atoms with E-state index in [9.17, 15) is 14.4 Å². The fourth-order valence-electron chi connectivity index (χ4n) is 2.80. The van der Waals surface area contributed by atoms with Gasteiger partial charge in [-0.05, 0) is 24.3 Å². The highest BCUT2D eigenvalue weighted by Gasteiger charge is 2.34. The van der Waals surface area contributed by atoms with Crippen LogP contribution in [0.25, 0.3) is 0 Å². The van der Waals surface area contributed by atoms with Gasteiger partial charge < -0.3 is 20.1 Å². The molecule has 2 N–H and O–H groups in total. The lowest BCUT2D eigenvalue weighted by Gasteiger charge is -2.15. The minimum absolute atomic E-state index is 0.0784. The normalized spacial score (nSPS) is 12.6. The first-order valence-corrected chi connectivity index (χ1v) is 8.27. The minimum Gasteiger partial charge on any atom is -0.497 e. The van der Waals surface area contributed by atoms with Gasteiger partial charge in [0.2, 0.25) is 0 Å². The molecular weight excluding hydrogens is 350 g/mol. The molecule has 0 bridgehead atoms. The van der Waals surface area contributed by atoms with E-state index in [-0.39, 0.29) is 24.9 Å². The SMILES string of the molecule is COc1ccc(OC)c(NC(=O)NCCN2C(=O)c3ccccc3C2=O)c1. The van der Waals surface area contributed by atoms with Crippen LogP contribution in [-0.4, -0.2) is 50.1 Å². The van der Waals surface area contributed by atoms with Gasteiger partial charge in [0.1, 0.15) is 11.5 Å². The first kappa shape index (κ1) is 18.2. The molecule has 0 saturated heterocycles. The van der Waals surface area contributed by atoms with Gasteiger partial charge in [0.05, 0.1) is 31.0 Å². The summed E-state index contributed by atoms with van der Waals surface area (Å²) in [6.07, 6.45) is 0. The highest BCUT2D eigenvalue weighted by atomic mass is 16.5. The number of ether oxygens (including phenoxy) is 2. The lowest BCUT2D eigenvalue weighted by atomic mass is 10.1. The van der Waals surface area contributed by atoms with Gasteiger partial charge >= 0.3 is 6.03 Å². The van der Waals surface area contributed by atoms with E-state index >= 15 is 0 Å². The van der Waals surface area contributed by atoms with Gasteiger partial charge in [0.15, 0.2) is 0 Å². The molecule has 0 aliphatic carbocycles. The van der Waals surface area contributed by atoms with Crippen LogP contribution in [0.1, 0.15) is 20.7 Å². The molecule has 8 heteroatoms. The third-order valence-electron chi connectivity index (χ3n) is 4.15. The van der Waals surface area contributed by atoms with Gasteiger partial charge in [-0.25, -0.2) is 4.79 Å². The molecule has 1 aliphatic rings. The zero-order valence-electron chi connectivity index (χ0n) is 14.9. The number of carbonyl (C=O) groups excluding carboxylic acids is 3. The van der Waals surface area contributed by atoms with Crippen LogP contribution in [-0.2, 0) is 0 Å². The Hall–Kier alpha value is -3.55. The molecule has 0 radical (unpaired) electrons. The Morgan fingerprint density at radius 1 is 1.00 bits per heavy atom. The van der Waals surface area contributed by atoms with E-state index in [4.69, 9.17) is 9.47 Å². The summed E-state index contributed by atoms with van der Waals surface area (Å²) in [7, 11) is 3.01. The summed E-state index contributed by atoms with van der Waals surface area (Å²) < 4.78 is 10.3. The predicted octanol–water partition coefficient (Wildman–Crippen LogP) is 2.12. The number of rotatable bonds is 6. The molecule has 0 aromatic heterocycles. The van der Waals surface area contributed by atoms with Crippen LogP contribution in [0, 0.1) is 0 Å². The molecule has 2 aromatic rings. The van der Waals surface area contributed by atoms with Crippen LogP contribution < -0.4 is 20.1 Å². The lowest BCUT2D eigenvalue weighted by Crippen LogP contribution is -2.39. The number of carbonyl (C=O) groups is 3. The average molecular weight is 369 g/mol. The zero-order chi connectivity index (χ0) is 19.4. The van der Waals surface area contributed by atoms with Crippen LogP contribution in [0.15, 0.2) is 42.5 Å². The Morgan fingerprint density at radius 2 is 1.67 bits per heavy atom. The maximum Gasteiger partial charge on any atom is 0.319 e. The number of methoxy groups -OCH3 is 2. The summed E-state index contributed by atoms with van der Waals surface area (Å²) in [5.74, 6) is 0.336. The first-order valence-electron chi connectivity index (χ1n) is 8.27. The van der Waals surface area contributed by atoms with Gasteiger partial charge in [-0.1, -0.05) is 12.1 Å². The molecule has 0 unspecified atom stereocenters. The molecule has 0 spiro atoms. The van der Waals surface area contributed by atoms with Crippen LogP contribution in [0.2, 0.25) is 0 Å². The molecule has 8 nitrogen and oxygen atoms in total. The summed E-state index contributed by atoms with van der Waals surface area (Å²) in [5.41, 5.74) is 1.20. The van der Waals surface area contributed by atoms with E-state index in [1.165, 1.54) is 14.2 Å². The van der Waals surface area contributed by atoms with Crippen LogP contribution in [0.4, 0.5) is 10.5 Å². The third-order valence-corrected chi connectivity index (χ3v) is 4.15. The quantitative estimate of drug-likeness (QED) is 0.761. The van der Waals surface area contributed by atoms with Crippen molar-refractivity contribution in [2.75, 3.05) is 32.6 Å². The Labute approximate surface area is 156 Å². The monoisotopic (exact) mass is 369 g/mol. The van der Waals surface area contributed by atoms with Crippen LogP contribution in [0.5, 0.6) is 11.5 Å². The Morgan fingerprint density at radius 3 is 2.26 bits per heavy atom. The molecule has 2 aromatic carbocycles. The zero-order valence-corrected chi connectivity index (χ0v) is 14.9. The standard InChI is InChI=1S/C19H19N3O5/c1-26-12-7-8-16(27-2)15(11-12)21-19(25)20-9-10-22-17(23)13-5-3-4-6-14(13)18(22)24/h3-8,11H,9-10H2,1-2H3,(H2,20,21,25). The number of nitrogens with zero attached hydrogens (tertiary/aromatic N) is 1. The summed E-state index contributed by atoms with van der Waals surface area (Å²) in [4.78, 5) is 37.8. The molecule has 1 aliphatic heterocycles. The number of hydrogen-bond donors (Lipinski definition) is 2. The van der Waals surface area contributed by atoms with E-state index < -0.39 is 6.03 Å². The molecule has 3 rings (SSSR count). The smallest absolute Gasteiger partial charge is 0.319 e. The summed E-state index contributed by atoms with van der Waals surface area (Å²) in [6, 6.07) is 11.2. The Balaban J connectivity index is 1.57. The van der Waals surface area contributed by atoms with E-state index in [1.54, 1.807) is 42.5 Å². The van der Waals surface area contributed by atoms with Gasteiger partial charge in [-0.3, -0.25) is 14.5 Å². The van der Waals surface area contributed by atoms with E-state index in [1.807, 2.05) is 0 Å². The van der Waals surface area contributed by atoms with Crippen molar-refractivity contribution in [3.05, 3.63) is 53.6 Å². The fraction of sp³-hybridized carbons (Fsp3) is 0.211. The molecule has 0 atom stereocenters. The largest absolute Gasteiger partial charge is 0.497 e. The summed E-state index contributed by atoms with van der Waals surface area (Å²) in [6.45, 7) is 0.193. The number of nitrogens with one attached hydrogen (secondary N) is 2. The predicted molar refractivity (Wildman–Crippen MR) is 98.4 cm³/mol. The molecule has 140 valence electrons. The number of hydrogen-bond acceptors (Lipinski definition) is 5. The highest BCUT2D eigenvalue weighted by Crippen LogP contribution is 2.28. The molecular formula is C19H19N3O5. The topological polar surface area (TPSA) is 97.0 Å². The second-order valence-corrected chi connectivity index (χ2v) is 5.75. The fourth-order valence-corrected chi connectivity index (χ4v) is 2.80. The Kier molecular flexibility index (Phi) is 5.25. The van der Waals surface area contributed by atoms with Gasteiger partial charge in [0, 0.05) is 19.2 Å². The summed E-state index contributed by atoms with van der Waals surface area (Å²) in [5, 5.41) is 5.28. The van der Waals surface area contributed by atoms with E-state index in [0.29, 0.717) is 28.3 Å². The van der Waals surface area contributed by atoms with Crippen molar-refractivity contribution >= 4 is 23.5 Å². The number of fused-ring (bicyclic) bond motifs is 1. The lowest BCUT2D eigenvalue weighted by molar-refractivity contribution is 0.0656. The van der Waals surface area contributed by atoms with Gasteiger partial charge in [-0.15, -0.1) is 0 Å². The van der Waals surface area contributed by atoms with E-state index in [0.717, 1.165) is 4.90 Å². The van der Waals surface area contributed by atoms with Crippen LogP contribution >= 0.6 is 0 Å². The van der Waals surface area contributed by atoms with E-state index in [2.05, 4.69) is 10.6 Å². The van der Waals surface area contributed by atoms with Crippen molar-refractivity contribution in [3.63, 3.8) is 0 Å². The average Bonchev–Trinajstić information content (AvgIpc) is 2.93. The maximum absolute atomic E-state index is 12.3. The number of imide groups is 1. The number of benzene rings is 2. The molecule has 0 saturated carbocycles.